The Bertz CT molecular complexity index is 297. The molecule has 1 rings (SSSR count). The van der Waals surface area contributed by atoms with Gasteiger partial charge in [0.25, 0.3) is 0 Å². The quantitative estimate of drug-likeness (QED) is 0.798. The molecule has 1 atom stereocenters. The Morgan fingerprint density at radius 1 is 1.41 bits per heavy atom. The van der Waals surface area contributed by atoms with Crippen LogP contribution in [0.1, 0.15) is 39.0 Å². The molecule has 1 amide bonds. The number of carboxylic acids is 1. The predicted octanol–water partition coefficient (Wildman–Crippen LogP) is 1.79. The Labute approximate surface area is 98.4 Å². The lowest BCUT2D eigenvalue weighted by atomic mass is 9.83. The van der Waals surface area contributed by atoms with E-state index in [9.17, 15) is 18.4 Å². The van der Waals surface area contributed by atoms with Gasteiger partial charge in [0.2, 0.25) is 11.8 Å². The van der Waals surface area contributed by atoms with Gasteiger partial charge in [-0.15, -0.1) is 0 Å². The maximum Gasteiger partial charge on any atom is 0.326 e. The molecule has 0 aromatic rings. The van der Waals surface area contributed by atoms with Crippen LogP contribution in [-0.4, -0.2) is 28.9 Å². The molecule has 0 bridgehead atoms. The molecule has 4 nitrogen and oxygen atoms in total. The Hall–Kier alpha value is -1.20. The summed E-state index contributed by atoms with van der Waals surface area (Å²) < 4.78 is 25.8. The summed E-state index contributed by atoms with van der Waals surface area (Å²) in [6.45, 7) is 1.24. The van der Waals surface area contributed by atoms with Gasteiger partial charge in [0.15, 0.2) is 0 Å². The van der Waals surface area contributed by atoms with E-state index in [1.54, 1.807) is 0 Å². The number of aliphatic carboxylic acids is 1. The standard InChI is InChI=1S/C11H17F2NO3/c1-7(15)14-9(10(16)17)6-8-2-4-11(12,13)5-3-8/h8-9H,2-6H2,1H3,(H,14,15)(H,16,17). The maximum absolute atomic E-state index is 12.9. The van der Waals surface area contributed by atoms with Crippen LogP contribution < -0.4 is 5.32 Å². The smallest absolute Gasteiger partial charge is 0.326 e. The molecule has 1 unspecified atom stereocenters. The second-order valence-electron chi connectivity index (χ2n) is 4.63. The Kier molecular flexibility index (Phi) is 4.42. The van der Waals surface area contributed by atoms with E-state index in [4.69, 9.17) is 5.11 Å². The van der Waals surface area contributed by atoms with Gasteiger partial charge < -0.3 is 10.4 Å². The van der Waals surface area contributed by atoms with Crippen LogP contribution in [0.3, 0.4) is 0 Å². The zero-order chi connectivity index (χ0) is 13.1. The number of amides is 1. The molecule has 0 aromatic heterocycles. The molecule has 0 heterocycles. The second-order valence-corrected chi connectivity index (χ2v) is 4.63. The van der Waals surface area contributed by atoms with Gasteiger partial charge >= 0.3 is 5.97 Å². The monoisotopic (exact) mass is 249 g/mol. The third kappa shape index (κ3) is 4.66. The first kappa shape index (κ1) is 13.9. The summed E-state index contributed by atoms with van der Waals surface area (Å²) in [5.41, 5.74) is 0. The van der Waals surface area contributed by atoms with Crippen LogP contribution in [0.4, 0.5) is 8.78 Å². The maximum atomic E-state index is 12.9. The fourth-order valence-electron chi connectivity index (χ4n) is 2.14. The van der Waals surface area contributed by atoms with Gasteiger partial charge in [0.05, 0.1) is 0 Å². The number of hydrogen-bond acceptors (Lipinski definition) is 2. The Morgan fingerprint density at radius 3 is 2.35 bits per heavy atom. The van der Waals surface area contributed by atoms with Crippen molar-refractivity contribution in [2.24, 2.45) is 5.92 Å². The van der Waals surface area contributed by atoms with Crippen LogP contribution in [0.25, 0.3) is 0 Å². The highest BCUT2D eigenvalue weighted by Crippen LogP contribution is 2.37. The van der Waals surface area contributed by atoms with Crippen molar-refractivity contribution in [3.05, 3.63) is 0 Å². The van der Waals surface area contributed by atoms with Gasteiger partial charge in [-0.3, -0.25) is 4.79 Å². The van der Waals surface area contributed by atoms with Gasteiger partial charge in [-0.25, -0.2) is 13.6 Å². The van der Waals surface area contributed by atoms with E-state index in [1.165, 1.54) is 6.92 Å². The second kappa shape index (κ2) is 5.42. The van der Waals surface area contributed by atoms with Gasteiger partial charge in [-0.2, -0.15) is 0 Å². The molecule has 1 fully saturated rings. The molecule has 1 aliphatic rings. The lowest BCUT2D eigenvalue weighted by Gasteiger charge is -2.29. The number of nitrogens with one attached hydrogen (secondary N) is 1. The molecule has 0 aliphatic heterocycles. The molecule has 0 saturated heterocycles. The Balaban J connectivity index is 2.46. The fraction of sp³-hybridized carbons (Fsp3) is 0.818. The third-order valence-corrected chi connectivity index (χ3v) is 3.08. The molecule has 0 aromatic carbocycles. The van der Waals surface area contributed by atoms with Crippen LogP contribution in [0.2, 0.25) is 0 Å². The molecular formula is C11H17F2NO3. The minimum absolute atomic E-state index is 0.0532. The largest absolute Gasteiger partial charge is 0.480 e. The highest BCUT2D eigenvalue weighted by molar-refractivity contribution is 5.82. The van der Waals surface area contributed by atoms with Crippen molar-refractivity contribution >= 4 is 11.9 Å². The average molecular weight is 249 g/mol. The summed E-state index contributed by atoms with van der Waals surface area (Å²) in [5, 5.41) is 11.2. The van der Waals surface area contributed by atoms with Gasteiger partial charge in [-0.1, -0.05) is 0 Å². The van der Waals surface area contributed by atoms with E-state index in [2.05, 4.69) is 5.32 Å². The van der Waals surface area contributed by atoms with Gasteiger partial charge in [0.1, 0.15) is 6.04 Å². The zero-order valence-electron chi connectivity index (χ0n) is 9.71. The summed E-state index contributed by atoms with van der Waals surface area (Å²) in [4.78, 5) is 21.7. The topological polar surface area (TPSA) is 66.4 Å². The lowest BCUT2D eigenvalue weighted by Crippen LogP contribution is -2.41. The number of carbonyl (C=O) groups is 2. The van der Waals surface area contributed by atoms with Crippen LogP contribution in [0.15, 0.2) is 0 Å². The number of carboxylic acid groups (broad SMARTS) is 1. The van der Waals surface area contributed by atoms with Crippen molar-refractivity contribution < 1.29 is 23.5 Å². The van der Waals surface area contributed by atoms with E-state index >= 15 is 0 Å². The van der Waals surface area contributed by atoms with Crippen molar-refractivity contribution in [1.29, 1.82) is 0 Å². The molecule has 17 heavy (non-hydrogen) atoms. The highest BCUT2D eigenvalue weighted by Gasteiger charge is 2.36. The minimum atomic E-state index is -2.61. The summed E-state index contributed by atoms with van der Waals surface area (Å²) >= 11 is 0. The summed E-state index contributed by atoms with van der Waals surface area (Å²) in [5.74, 6) is -4.19. The third-order valence-electron chi connectivity index (χ3n) is 3.08. The molecule has 98 valence electrons. The van der Waals surface area contributed by atoms with E-state index in [0.29, 0.717) is 12.8 Å². The predicted molar refractivity (Wildman–Crippen MR) is 56.8 cm³/mol. The van der Waals surface area contributed by atoms with Crippen molar-refractivity contribution in [1.82, 2.24) is 5.32 Å². The van der Waals surface area contributed by atoms with E-state index in [-0.39, 0.29) is 25.2 Å². The van der Waals surface area contributed by atoms with Gasteiger partial charge in [0, 0.05) is 19.8 Å². The molecule has 6 heteroatoms. The van der Waals surface area contributed by atoms with Crippen LogP contribution in [0, 0.1) is 5.92 Å². The first-order chi connectivity index (χ1) is 7.80. The van der Waals surface area contributed by atoms with E-state index in [0.717, 1.165) is 0 Å². The van der Waals surface area contributed by atoms with Crippen LogP contribution in [0.5, 0.6) is 0 Å². The van der Waals surface area contributed by atoms with Crippen molar-refractivity contribution in [3.8, 4) is 0 Å². The number of halogens is 2. The molecule has 0 spiro atoms. The Morgan fingerprint density at radius 2 is 1.94 bits per heavy atom. The number of carbonyl (C=O) groups excluding carboxylic acids is 1. The number of alkyl halides is 2. The lowest BCUT2D eigenvalue weighted by molar-refractivity contribution is -0.142. The molecule has 1 saturated carbocycles. The van der Waals surface area contributed by atoms with Crippen molar-refractivity contribution in [2.45, 2.75) is 51.0 Å². The van der Waals surface area contributed by atoms with E-state index < -0.39 is 23.8 Å². The average Bonchev–Trinajstić information content (AvgIpc) is 2.19. The van der Waals surface area contributed by atoms with Crippen LogP contribution >= 0.6 is 0 Å². The molecule has 1 aliphatic carbocycles. The fourth-order valence-corrected chi connectivity index (χ4v) is 2.14. The molecule has 2 N–H and O–H groups in total. The van der Waals surface area contributed by atoms with Gasteiger partial charge in [-0.05, 0) is 25.2 Å². The summed E-state index contributed by atoms with van der Waals surface area (Å²) in [7, 11) is 0. The van der Waals surface area contributed by atoms with Crippen molar-refractivity contribution in [3.63, 3.8) is 0 Å². The SMILES string of the molecule is CC(=O)NC(CC1CCC(F)(F)CC1)C(=O)O. The number of rotatable bonds is 4. The normalized spacial score (nSPS) is 21.8. The van der Waals surface area contributed by atoms with Crippen LogP contribution in [-0.2, 0) is 9.59 Å². The summed E-state index contributed by atoms with van der Waals surface area (Å²) in [6, 6.07) is -0.968. The first-order valence-corrected chi connectivity index (χ1v) is 5.68. The minimum Gasteiger partial charge on any atom is -0.480 e. The van der Waals surface area contributed by atoms with E-state index in [1.807, 2.05) is 0 Å². The van der Waals surface area contributed by atoms with Crippen molar-refractivity contribution in [2.75, 3.05) is 0 Å². The first-order valence-electron chi connectivity index (χ1n) is 5.68. The summed E-state index contributed by atoms with van der Waals surface area (Å²) in [6.07, 6.45) is 0.478. The molecule has 0 radical (unpaired) electrons. The molecular weight excluding hydrogens is 232 g/mol. The number of hydrogen-bond donors (Lipinski definition) is 2. The highest BCUT2D eigenvalue weighted by atomic mass is 19.3. The zero-order valence-corrected chi connectivity index (χ0v) is 9.71.